The van der Waals surface area contributed by atoms with Crippen molar-refractivity contribution in [1.29, 1.82) is 5.26 Å². The predicted octanol–water partition coefficient (Wildman–Crippen LogP) is 0.789. The van der Waals surface area contributed by atoms with E-state index in [4.69, 9.17) is 10.00 Å². The topological polar surface area (TPSA) is 84.0 Å². The van der Waals surface area contributed by atoms with Crippen LogP contribution in [0.3, 0.4) is 0 Å². The number of nitriles is 1. The molecule has 0 bridgehead atoms. The molecular weight excluding hydrogens is 252 g/mol. The SMILES string of the molecule is N#Cc1ncn(C[C@H](O)COCc2cccs2)n1. The van der Waals surface area contributed by atoms with E-state index in [-0.39, 0.29) is 19.0 Å². The third-order valence-corrected chi connectivity index (χ3v) is 3.02. The van der Waals surface area contributed by atoms with Crippen LogP contribution in [0, 0.1) is 11.3 Å². The van der Waals surface area contributed by atoms with Gasteiger partial charge in [0.05, 0.1) is 25.9 Å². The van der Waals surface area contributed by atoms with Crippen molar-refractivity contribution in [2.45, 2.75) is 19.3 Å². The molecule has 2 rings (SSSR count). The summed E-state index contributed by atoms with van der Waals surface area (Å²) < 4.78 is 6.81. The van der Waals surface area contributed by atoms with Crippen molar-refractivity contribution >= 4 is 11.3 Å². The molecule has 0 spiro atoms. The van der Waals surface area contributed by atoms with Crippen LogP contribution < -0.4 is 0 Å². The van der Waals surface area contributed by atoms with E-state index in [0.29, 0.717) is 6.61 Å². The summed E-state index contributed by atoms with van der Waals surface area (Å²) in [4.78, 5) is 4.87. The average Bonchev–Trinajstić information content (AvgIpc) is 3.00. The number of ether oxygens (including phenoxy) is 1. The molecule has 2 heterocycles. The molecule has 0 saturated heterocycles. The number of rotatable bonds is 6. The monoisotopic (exact) mass is 264 g/mol. The zero-order valence-corrected chi connectivity index (χ0v) is 10.4. The van der Waals surface area contributed by atoms with Crippen LogP contribution in [0.1, 0.15) is 10.7 Å². The summed E-state index contributed by atoms with van der Waals surface area (Å²) in [5.74, 6) is 0.0988. The molecule has 0 unspecified atom stereocenters. The van der Waals surface area contributed by atoms with Crippen LogP contribution in [0.2, 0.25) is 0 Å². The molecule has 0 fully saturated rings. The second-order valence-corrected chi connectivity index (χ2v) is 4.68. The minimum absolute atomic E-state index is 0.0988. The van der Waals surface area contributed by atoms with E-state index in [1.165, 1.54) is 11.0 Å². The summed E-state index contributed by atoms with van der Waals surface area (Å²) in [6.45, 7) is 0.980. The summed E-state index contributed by atoms with van der Waals surface area (Å²) in [5.41, 5.74) is 0. The molecule has 2 aromatic heterocycles. The van der Waals surface area contributed by atoms with Crippen molar-refractivity contribution in [3.8, 4) is 6.07 Å². The fraction of sp³-hybridized carbons (Fsp3) is 0.364. The Bertz CT molecular complexity index is 517. The Morgan fingerprint density at radius 1 is 1.61 bits per heavy atom. The molecule has 0 saturated carbocycles. The molecule has 0 amide bonds. The molecule has 2 aromatic rings. The molecule has 18 heavy (non-hydrogen) atoms. The lowest BCUT2D eigenvalue weighted by Gasteiger charge is -2.10. The van der Waals surface area contributed by atoms with E-state index in [1.54, 1.807) is 11.3 Å². The number of aliphatic hydroxyl groups is 1. The first-order valence-corrected chi connectivity index (χ1v) is 6.23. The van der Waals surface area contributed by atoms with E-state index in [0.717, 1.165) is 4.88 Å². The maximum atomic E-state index is 9.72. The Labute approximate surface area is 108 Å². The number of aliphatic hydroxyl groups excluding tert-OH is 1. The fourth-order valence-electron chi connectivity index (χ4n) is 1.39. The van der Waals surface area contributed by atoms with Crippen molar-refractivity contribution in [2.75, 3.05) is 6.61 Å². The lowest BCUT2D eigenvalue weighted by molar-refractivity contribution is 0.0195. The first-order chi connectivity index (χ1) is 8.78. The van der Waals surface area contributed by atoms with Crippen molar-refractivity contribution in [3.63, 3.8) is 0 Å². The second-order valence-electron chi connectivity index (χ2n) is 3.65. The summed E-state index contributed by atoms with van der Waals surface area (Å²) in [6, 6.07) is 5.76. The summed E-state index contributed by atoms with van der Waals surface area (Å²) in [5, 5.41) is 24.1. The highest BCUT2D eigenvalue weighted by Gasteiger charge is 2.08. The molecule has 0 aliphatic carbocycles. The fourth-order valence-corrected chi connectivity index (χ4v) is 2.03. The van der Waals surface area contributed by atoms with Crippen molar-refractivity contribution in [1.82, 2.24) is 14.8 Å². The van der Waals surface area contributed by atoms with Crippen molar-refractivity contribution < 1.29 is 9.84 Å². The average molecular weight is 264 g/mol. The Morgan fingerprint density at radius 3 is 3.17 bits per heavy atom. The van der Waals surface area contributed by atoms with Gasteiger partial charge in [0.2, 0.25) is 0 Å². The smallest absolute Gasteiger partial charge is 0.252 e. The molecule has 0 aliphatic heterocycles. The van der Waals surface area contributed by atoms with E-state index < -0.39 is 6.10 Å². The van der Waals surface area contributed by atoms with Crippen LogP contribution in [0.4, 0.5) is 0 Å². The van der Waals surface area contributed by atoms with Gasteiger partial charge in [-0.3, -0.25) is 0 Å². The highest BCUT2D eigenvalue weighted by molar-refractivity contribution is 7.09. The van der Waals surface area contributed by atoms with Crippen molar-refractivity contribution in [2.24, 2.45) is 0 Å². The quantitative estimate of drug-likeness (QED) is 0.833. The van der Waals surface area contributed by atoms with Crippen LogP contribution in [0.15, 0.2) is 23.8 Å². The largest absolute Gasteiger partial charge is 0.389 e. The first kappa shape index (κ1) is 12.7. The minimum atomic E-state index is -0.668. The zero-order chi connectivity index (χ0) is 12.8. The van der Waals surface area contributed by atoms with Gasteiger partial charge in [-0.2, -0.15) is 5.26 Å². The van der Waals surface area contributed by atoms with Gasteiger partial charge in [0, 0.05) is 4.88 Å². The van der Waals surface area contributed by atoms with Crippen LogP contribution in [-0.2, 0) is 17.9 Å². The molecule has 0 aromatic carbocycles. The van der Waals surface area contributed by atoms with Crippen LogP contribution in [-0.4, -0.2) is 32.6 Å². The maximum Gasteiger partial charge on any atom is 0.252 e. The van der Waals surface area contributed by atoms with Crippen molar-refractivity contribution in [3.05, 3.63) is 34.5 Å². The van der Waals surface area contributed by atoms with Gasteiger partial charge in [-0.15, -0.1) is 16.4 Å². The maximum absolute atomic E-state index is 9.72. The standard InChI is InChI=1S/C11H12N4O2S/c12-4-11-13-8-15(14-11)5-9(16)6-17-7-10-2-1-3-18-10/h1-3,8-9,16H,5-7H2/t9-/m0/s1. The van der Waals surface area contributed by atoms with E-state index >= 15 is 0 Å². The Morgan fingerprint density at radius 2 is 2.50 bits per heavy atom. The molecule has 7 heteroatoms. The third kappa shape index (κ3) is 3.63. The highest BCUT2D eigenvalue weighted by Crippen LogP contribution is 2.09. The molecular formula is C11H12N4O2S. The molecule has 1 atom stereocenters. The molecule has 0 radical (unpaired) electrons. The van der Waals surface area contributed by atoms with Crippen LogP contribution >= 0.6 is 11.3 Å². The Hall–Kier alpha value is -1.75. The summed E-state index contributed by atoms with van der Waals surface area (Å²) in [6.07, 6.45) is 0.749. The Kier molecular flexibility index (Phi) is 4.41. The van der Waals surface area contributed by atoms with E-state index in [1.807, 2.05) is 23.6 Å². The van der Waals surface area contributed by atoms with Gasteiger partial charge < -0.3 is 9.84 Å². The summed E-state index contributed by atoms with van der Waals surface area (Å²) in [7, 11) is 0. The van der Waals surface area contributed by atoms with Gasteiger partial charge in [0.15, 0.2) is 0 Å². The number of thiophene rings is 1. The van der Waals surface area contributed by atoms with E-state index in [2.05, 4.69) is 10.1 Å². The van der Waals surface area contributed by atoms with E-state index in [9.17, 15) is 5.11 Å². The van der Waals surface area contributed by atoms with Gasteiger partial charge in [-0.05, 0) is 11.4 Å². The lowest BCUT2D eigenvalue weighted by Crippen LogP contribution is -2.22. The van der Waals surface area contributed by atoms with Gasteiger partial charge in [0.25, 0.3) is 5.82 Å². The first-order valence-electron chi connectivity index (χ1n) is 5.35. The lowest BCUT2D eigenvalue weighted by atomic mass is 10.4. The number of aromatic nitrogens is 3. The van der Waals surface area contributed by atoms with Gasteiger partial charge in [-0.1, -0.05) is 6.07 Å². The molecule has 1 N–H and O–H groups in total. The number of hydrogen-bond donors (Lipinski definition) is 1. The van der Waals surface area contributed by atoms with Gasteiger partial charge in [-0.25, -0.2) is 9.67 Å². The van der Waals surface area contributed by atoms with Crippen LogP contribution in [0.5, 0.6) is 0 Å². The molecule has 0 aliphatic rings. The zero-order valence-electron chi connectivity index (χ0n) is 9.56. The molecule has 94 valence electrons. The van der Waals surface area contributed by atoms with Gasteiger partial charge >= 0.3 is 0 Å². The predicted molar refractivity (Wildman–Crippen MR) is 64.7 cm³/mol. The normalized spacial score (nSPS) is 12.2. The Balaban J connectivity index is 1.72. The second kappa shape index (κ2) is 6.26. The third-order valence-electron chi connectivity index (χ3n) is 2.17. The number of nitrogens with zero attached hydrogens (tertiary/aromatic N) is 4. The molecule has 6 nitrogen and oxygen atoms in total. The highest BCUT2D eigenvalue weighted by atomic mass is 32.1. The van der Waals surface area contributed by atoms with Gasteiger partial charge in [0.1, 0.15) is 12.4 Å². The number of hydrogen-bond acceptors (Lipinski definition) is 6. The minimum Gasteiger partial charge on any atom is -0.389 e. The van der Waals surface area contributed by atoms with Crippen LogP contribution in [0.25, 0.3) is 0 Å². The summed E-state index contributed by atoms with van der Waals surface area (Å²) >= 11 is 1.61.